The molecule has 1 aliphatic heterocycles. The highest BCUT2D eigenvalue weighted by Crippen LogP contribution is 2.32. The number of β-amino-alcohol motifs (C(OH)–C–C–N with tert-alkyl or cyclic N) is 1. The number of halogens is 1. The molecule has 1 N–H and O–H groups in total. The van der Waals surface area contributed by atoms with E-state index in [1.54, 1.807) is 0 Å². The average Bonchev–Trinajstić information content (AvgIpc) is 2.67. The summed E-state index contributed by atoms with van der Waals surface area (Å²) in [5.74, 6) is 0.641. The van der Waals surface area contributed by atoms with Gasteiger partial charge in [0.05, 0.1) is 0 Å². The van der Waals surface area contributed by atoms with E-state index >= 15 is 0 Å². The van der Waals surface area contributed by atoms with E-state index in [9.17, 15) is 9.50 Å². The number of benzene rings is 2. The lowest BCUT2D eigenvalue weighted by Crippen LogP contribution is -2.49. The summed E-state index contributed by atoms with van der Waals surface area (Å²) >= 11 is 0. The van der Waals surface area contributed by atoms with Crippen molar-refractivity contribution in [1.82, 2.24) is 4.90 Å². The first kappa shape index (κ1) is 21.6. The highest BCUT2D eigenvalue weighted by atomic mass is 19.1. The molecule has 0 aliphatic carbocycles. The lowest BCUT2D eigenvalue weighted by atomic mass is 9.85. The Morgan fingerprint density at radius 2 is 1.69 bits per heavy atom. The van der Waals surface area contributed by atoms with Crippen molar-refractivity contribution in [2.45, 2.75) is 39.2 Å². The fourth-order valence-electron chi connectivity index (χ4n) is 3.73. The summed E-state index contributed by atoms with van der Waals surface area (Å²) < 4.78 is 19.1. The van der Waals surface area contributed by atoms with Crippen molar-refractivity contribution in [1.29, 1.82) is 0 Å². The molecule has 1 aliphatic rings. The number of rotatable bonds is 6. The van der Waals surface area contributed by atoms with Crippen LogP contribution in [0.3, 0.4) is 0 Å². The second-order valence-corrected chi connectivity index (χ2v) is 8.98. The normalized spacial score (nSPS) is 16.7. The molecular formula is C24H33FN2O2. The van der Waals surface area contributed by atoms with E-state index in [2.05, 4.69) is 43.6 Å². The van der Waals surface area contributed by atoms with Crippen LogP contribution in [0.4, 0.5) is 10.1 Å². The number of aliphatic hydroxyl groups excluding tert-OH is 1. The van der Waals surface area contributed by atoms with Gasteiger partial charge in [-0.25, -0.2) is 4.39 Å². The number of hydrogen-bond acceptors (Lipinski definition) is 4. The minimum absolute atomic E-state index is 0.0109. The molecule has 1 atom stereocenters. The molecule has 158 valence electrons. The maximum Gasteiger partial charge on any atom is 0.123 e. The van der Waals surface area contributed by atoms with Crippen LogP contribution in [0.15, 0.2) is 42.5 Å². The zero-order valence-corrected chi connectivity index (χ0v) is 18.0. The summed E-state index contributed by atoms with van der Waals surface area (Å²) in [6.45, 7) is 12.9. The number of piperazine rings is 1. The van der Waals surface area contributed by atoms with Crippen molar-refractivity contribution in [2.75, 3.05) is 44.2 Å². The van der Waals surface area contributed by atoms with Crippen LogP contribution < -0.4 is 9.64 Å². The Balaban J connectivity index is 1.49. The predicted molar refractivity (Wildman–Crippen MR) is 116 cm³/mol. The Kier molecular flexibility index (Phi) is 6.81. The zero-order valence-electron chi connectivity index (χ0n) is 18.0. The molecule has 5 heteroatoms. The molecule has 0 spiro atoms. The second kappa shape index (κ2) is 9.14. The number of ether oxygens (including phenoxy) is 1. The van der Waals surface area contributed by atoms with E-state index in [1.807, 2.05) is 24.3 Å². The molecule has 3 rings (SSSR count). The van der Waals surface area contributed by atoms with Gasteiger partial charge in [-0.3, -0.25) is 4.90 Å². The summed E-state index contributed by atoms with van der Waals surface area (Å²) in [6, 6.07) is 12.9. The van der Waals surface area contributed by atoms with E-state index < -0.39 is 6.10 Å². The van der Waals surface area contributed by atoms with Crippen molar-refractivity contribution in [2.24, 2.45) is 0 Å². The van der Waals surface area contributed by atoms with Crippen LogP contribution in [-0.4, -0.2) is 55.4 Å². The van der Waals surface area contributed by atoms with Crippen LogP contribution >= 0.6 is 0 Å². The van der Waals surface area contributed by atoms with Crippen LogP contribution in [0.2, 0.25) is 0 Å². The number of aliphatic hydroxyl groups is 1. The summed E-state index contributed by atoms with van der Waals surface area (Å²) in [6.07, 6.45) is -0.540. The highest BCUT2D eigenvalue weighted by molar-refractivity contribution is 5.46. The van der Waals surface area contributed by atoms with Gasteiger partial charge in [-0.2, -0.15) is 0 Å². The van der Waals surface area contributed by atoms with Crippen molar-refractivity contribution >= 4 is 5.69 Å². The molecule has 0 saturated carbocycles. The molecule has 2 aromatic carbocycles. The van der Waals surface area contributed by atoms with Gasteiger partial charge in [-0.05, 0) is 48.2 Å². The lowest BCUT2D eigenvalue weighted by molar-refractivity contribution is 0.0656. The summed E-state index contributed by atoms with van der Waals surface area (Å²) in [7, 11) is 0. The number of anilines is 1. The van der Waals surface area contributed by atoms with Crippen LogP contribution in [0.25, 0.3) is 0 Å². The monoisotopic (exact) mass is 400 g/mol. The van der Waals surface area contributed by atoms with Gasteiger partial charge in [0.15, 0.2) is 0 Å². The Hall–Kier alpha value is -2.11. The molecule has 0 bridgehead atoms. The van der Waals surface area contributed by atoms with E-state index in [4.69, 9.17) is 4.74 Å². The van der Waals surface area contributed by atoms with E-state index in [0.717, 1.165) is 43.2 Å². The van der Waals surface area contributed by atoms with E-state index in [1.165, 1.54) is 17.7 Å². The average molecular weight is 401 g/mol. The Bertz CT molecular complexity index is 794. The summed E-state index contributed by atoms with van der Waals surface area (Å²) in [4.78, 5) is 4.51. The zero-order chi connectivity index (χ0) is 21.0. The van der Waals surface area contributed by atoms with Crippen LogP contribution in [0.1, 0.15) is 31.9 Å². The van der Waals surface area contributed by atoms with Crippen LogP contribution in [0, 0.1) is 12.7 Å². The van der Waals surface area contributed by atoms with Crippen LogP contribution in [0.5, 0.6) is 5.75 Å². The van der Waals surface area contributed by atoms with Crippen LogP contribution in [-0.2, 0) is 5.41 Å². The molecule has 0 unspecified atom stereocenters. The largest absolute Gasteiger partial charge is 0.491 e. The van der Waals surface area contributed by atoms with E-state index in [-0.39, 0.29) is 17.8 Å². The Labute approximate surface area is 173 Å². The highest BCUT2D eigenvalue weighted by Gasteiger charge is 2.22. The minimum atomic E-state index is -0.540. The molecule has 29 heavy (non-hydrogen) atoms. The molecule has 0 aromatic heterocycles. The third-order valence-corrected chi connectivity index (χ3v) is 5.41. The molecule has 4 nitrogen and oxygen atoms in total. The van der Waals surface area contributed by atoms with Crippen molar-refractivity contribution in [3.63, 3.8) is 0 Å². The van der Waals surface area contributed by atoms with Gasteiger partial charge in [-0.1, -0.05) is 38.5 Å². The first-order valence-electron chi connectivity index (χ1n) is 10.4. The molecule has 0 radical (unpaired) electrons. The van der Waals surface area contributed by atoms with Gasteiger partial charge < -0.3 is 14.7 Å². The molecule has 0 amide bonds. The standard InChI is InChI=1S/C24H33FN2O2/c1-18-5-10-23(22(15-18)24(2,3)4)29-17-21(28)16-26-11-13-27(14-12-26)20-8-6-19(25)7-9-20/h5-10,15,21,28H,11-14,16-17H2,1-4H3/t21-/m1/s1. The van der Waals surface area contributed by atoms with Gasteiger partial charge >= 0.3 is 0 Å². The Morgan fingerprint density at radius 3 is 2.31 bits per heavy atom. The third-order valence-electron chi connectivity index (χ3n) is 5.41. The molecule has 1 heterocycles. The molecule has 2 aromatic rings. The smallest absolute Gasteiger partial charge is 0.123 e. The molecule has 1 fully saturated rings. The van der Waals surface area contributed by atoms with Crippen molar-refractivity contribution in [3.8, 4) is 5.75 Å². The SMILES string of the molecule is Cc1ccc(OC[C@H](O)CN2CCN(c3ccc(F)cc3)CC2)c(C(C)(C)C)c1. The topological polar surface area (TPSA) is 35.9 Å². The third kappa shape index (κ3) is 5.94. The summed E-state index contributed by atoms with van der Waals surface area (Å²) in [5, 5.41) is 10.5. The maximum absolute atomic E-state index is 13.1. The fourth-order valence-corrected chi connectivity index (χ4v) is 3.73. The van der Waals surface area contributed by atoms with E-state index in [0.29, 0.717) is 6.54 Å². The maximum atomic E-state index is 13.1. The van der Waals surface area contributed by atoms with Gasteiger partial charge in [0, 0.05) is 38.4 Å². The quantitative estimate of drug-likeness (QED) is 0.795. The van der Waals surface area contributed by atoms with Gasteiger partial charge in [0.1, 0.15) is 24.3 Å². The second-order valence-electron chi connectivity index (χ2n) is 8.98. The minimum Gasteiger partial charge on any atom is -0.491 e. The lowest BCUT2D eigenvalue weighted by Gasteiger charge is -2.37. The van der Waals surface area contributed by atoms with Gasteiger partial charge in [0.25, 0.3) is 0 Å². The fraction of sp³-hybridized carbons (Fsp3) is 0.500. The molecular weight excluding hydrogens is 367 g/mol. The first-order chi connectivity index (χ1) is 13.7. The van der Waals surface area contributed by atoms with Gasteiger partial charge in [0.2, 0.25) is 0 Å². The van der Waals surface area contributed by atoms with Gasteiger partial charge in [-0.15, -0.1) is 0 Å². The predicted octanol–water partition coefficient (Wildman–Crippen LogP) is 3.99. The number of aryl methyl sites for hydroxylation is 1. The van der Waals surface area contributed by atoms with Crippen molar-refractivity contribution < 1.29 is 14.2 Å². The number of hydrogen-bond donors (Lipinski definition) is 1. The first-order valence-corrected chi connectivity index (χ1v) is 10.4. The number of nitrogens with zero attached hydrogens (tertiary/aromatic N) is 2. The Morgan fingerprint density at radius 1 is 1.03 bits per heavy atom. The molecule has 1 saturated heterocycles. The summed E-state index contributed by atoms with van der Waals surface area (Å²) in [5.41, 5.74) is 3.41. The van der Waals surface area contributed by atoms with Crippen molar-refractivity contribution in [3.05, 3.63) is 59.4 Å².